The predicted molar refractivity (Wildman–Crippen MR) is 173 cm³/mol. The molecule has 0 unspecified atom stereocenters. The van der Waals surface area contributed by atoms with Gasteiger partial charge in [0.15, 0.2) is 0 Å². The standard InChI is InChI=1S/C35H55N3O8/c1-20(7-14-30-21(2)17-29(23(4)44-30)38-32(40)16-9-22(3)43-25(6)39)8-15-31-34(42)35(24(5)46-35)19-28(45-31)18-33(41)37-27-12-10-26(36)11-13-27/h7-9,15-16,21-24,26-31,34,42H,10-14,17-19,36H2,1-6H3,(H,37,41)(H,38,40)/b15-8+,16-9-,20-7+/t21-,22-,23+,24+,26-,27-,28+,29+,30-,31+,34+,35+/m0/s1. The number of nitrogens with two attached hydrogens (primary N) is 1. The minimum atomic E-state index is -0.819. The fraction of sp³-hybridized carbons (Fsp3) is 0.743. The predicted octanol–water partition coefficient (Wildman–Crippen LogP) is 3.14. The van der Waals surface area contributed by atoms with Crippen molar-refractivity contribution in [3.63, 3.8) is 0 Å². The second-order valence-electron chi connectivity index (χ2n) is 13.9. The zero-order valence-corrected chi connectivity index (χ0v) is 28.3. The van der Waals surface area contributed by atoms with Crippen LogP contribution >= 0.6 is 0 Å². The molecule has 3 aliphatic heterocycles. The molecule has 4 aliphatic rings. The molecule has 258 valence electrons. The third-order valence-electron chi connectivity index (χ3n) is 9.92. The Morgan fingerprint density at radius 1 is 1.07 bits per heavy atom. The summed E-state index contributed by atoms with van der Waals surface area (Å²) in [6, 6.07) is 0.255. The van der Waals surface area contributed by atoms with Gasteiger partial charge in [0, 0.05) is 31.5 Å². The number of aliphatic hydroxyl groups is 1. The highest BCUT2D eigenvalue weighted by Gasteiger charge is 2.64. The molecular weight excluding hydrogens is 590 g/mol. The zero-order chi connectivity index (χ0) is 33.6. The number of ether oxygens (including phenoxy) is 4. The van der Waals surface area contributed by atoms with E-state index in [0.717, 1.165) is 37.7 Å². The van der Waals surface area contributed by atoms with Crippen molar-refractivity contribution in [2.24, 2.45) is 11.7 Å². The van der Waals surface area contributed by atoms with Crippen LogP contribution in [0.25, 0.3) is 0 Å². The van der Waals surface area contributed by atoms with Crippen molar-refractivity contribution in [3.05, 3.63) is 36.0 Å². The third kappa shape index (κ3) is 9.97. The van der Waals surface area contributed by atoms with Crippen LogP contribution in [0.1, 0.15) is 92.9 Å². The first-order valence-electron chi connectivity index (χ1n) is 17.0. The van der Waals surface area contributed by atoms with Crippen LogP contribution in [0.3, 0.4) is 0 Å². The number of carbonyl (C=O) groups excluding carboxylic acids is 3. The first kappa shape index (κ1) is 36.3. The molecule has 5 N–H and O–H groups in total. The first-order valence-corrected chi connectivity index (χ1v) is 17.0. The number of epoxide rings is 1. The maximum absolute atomic E-state index is 12.9. The number of nitrogens with one attached hydrogen (secondary N) is 2. The lowest BCUT2D eigenvalue weighted by molar-refractivity contribution is -0.146. The summed E-state index contributed by atoms with van der Waals surface area (Å²) in [4.78, 5) is 36.4. The van der Waals surface area contributed by atoms with E-state index in [1.807, 2.05) is 32.9 Å². The second kappa shape index (κ2) is 16.0. The summed E-state index contributed by atoms with van der Waals surface area (Å²) in [7, 11) is 0. The lowest BCUT2D eigenvalue weighted by atomic mass is 9.84. The summed E-state index contributed by atoms with van der Waals surface area (Å²) in [6.45, 7) is 11.1. The van der Waals surface area contributed by atoms with E-state index in [4.69, 9.17) is 24.7 Å². The van der Waals surface area contributed by atoms with Crippen molar-refractivity contribution in [1.29, 1.82) is 0 Å². The Morgan fingerprint density at radius 3 is 2.41 bits per heavy atom. The molecule has 2 amide bonds. The van der Waals surface area contributed by atoms with Crippen LogP contribution < -0.4 is 16.4 Å². The Labute approximate surface area is 273 Å². The Hall–Kier alpha value is -2.57. The smallest absolute Gasteiger partial charge is 0.303 e. The fourth-order valence-electron chi connectivity index (χ4n) is 7.03. The SMILES string of the molecule is CC(=O)O[C@@H](C)/C=C\C(=O)N[C@@H]1C[C@H](C)[C@H](C/C=C(C)/C=C/[C@H]2O[C@H](CC(=O)N[C@H]3CC[C@H](N)CC3)C[C@]3(O[C@@H]3C)[C@@H]2O)O[C@@H]1C. The molecule has 0 radical (unpaired) electrons. The van der Waals surface area contributed by atoms with Gasteiger partial charge in [0.25, 0.3) is 0 Å². The Kier molecular flexibility index (Phi) is 12.6. The molecule has 4 rings (SSSR count). The van der Waals surface area contributed by atoms with Gasteiger partial charge in [-0.2, -0.15) is 0 Å². The molecule has 1 spiro atoms. The summed E-state index contributed by atoms with van der Waals surface area (Å²) >= 11 is 0. The molecule has 3 saturated heterocycles. The van der Waals surface area contributed by atoms with Crippen molar-refractivity contribution < 1.29 is 38.4 Å². The van der Waals surface area contributed by atoms with Crippen LogP contribution in [0.5, 0.6) is 0 Å². The van der Waals surface area contributed by atoms with Crippen LogP contribution in [0.2, 0.25) is 0 Å². The maximum atomic E-state index is 12.9. The third-order valence-corrected chi connectivity index (χ3v) is 9.92. The lowest BCUT2D eigenvalue weighted by Gasteiger charge is -2.39. The van der Waals surface area contributed by atoms with E-state index in [2.05, 4.69) is 23.6 Å². The van der Waals surface area contributed by atoms with E-state index < -0.39 is 29.9 Å². The molecule has 0 bridgehead atoms. The van der Waals surface area contributed by atoms with E-state index >= 15 is 0 Å². The molecule has 1 aliphatic carbocycles. The quantitative estimate of drug-likeness (QED) is 0.115. The van der Waals surface area contributed by atoms with Crippen molar-refractivity contribution in [2.45, 2.75) is 159 Å². The largest absolute Gasteiger partial charge is 0.459 e. The van der Waals surface area contributed by atoms with Gasteiger partial charge in [-0.1, -0.05) is 30.7 Å². The minimum Gasteiger partial charge on any atom is -0.459 e. The molecule has 1 saturated carbocycles. The van der Waals surface area contributed by atoms with Crippen LogP contribution in [0, 0.1) is 5.92 Å². The summed E-state index contributed by atoms with van der Waals surface area (Å²) in [5.74, 6) is -0.462. The van der Waals surface area contributed by atoms with E-state index in [1.54, 1.807) is 13.0 Å². The van der Waals surface area contributed by atoms with Crippen LogP contribution in [-0.4, -0.2) is 89.3 Å². The minimum absolute atomic E-state index is 0.00525. The molecule has 4 fully saturated rings. The fourth-order valence-corrected chi connectivity index (χ4v) is 7.03. The van der Waals surface area contributed by atoms with Crippen LogP contribution in [0.4, 0.5) is 0 Å². The van der Waals surface area contributed by atoms with Gasteiger partial charge in [-0.25, -0.2) is 0 Å². The van der Waals surface area contributed by atoms with Crippen molar-refractivity contribution in [1.82, 2.24) is 10.6 Å². The summed E-state index contributed by atoms with van der Waals surface area (Å²) in [5.41, 5.74) is 6.33. The molecular formula is C35H55N3O8. The van der Waals surface area contributed by atoms with Crippen molar-refractivity contribution in [2.75, 3.05) is 0 Å². The van der Waals surface area contributed by atoms with E-state index in [9.17, 15) is 19.5 Å². The van der Waals surface area contributed by atoms with Crippen molar-refractivity contribution >= 4 is 17.8 Å². The number of carbonyl (C=O) groups is 3. The molecule has 11 heteroatoms. The molecule has 3 heterocycles. The average Bonchev–Trinajstić information content (AvgIpc) is 3.63. The highest BCUT2D eigenvalue weighted by Crippen LogP contribution is 2.49. The normalized spacial score (nSPS) is 38.9. The van der Waals surface area contributed by atoms with Gasteiger partial charge < -0.3 is 40.4 Å². The molecule has 0 aromatic rings. The van der Waals surface area contributed by atoms with Gasteiger partial charge in [0.05, 0.1) is 36.9 Å². The van der Waals surface area contributed by atoms with Gasteiger partial charge in [-0.15, -0.1) is 0 Å². The van der Waals surface area contributed by atoms with E-state index in [1.165, 1.54) is 13.0 Å². The number of esters is 1. The molecule has 0 aromatic heterocycles. The number of allylic oxidation sites excluding steroid dienone is 2. The topological polar surface area (TPSA) is 162 Å². The molecule has 46 heavy (non-hydrogen) atoms. The lowest BCUT2D eigenvalue weighted by Crippen LogP contribution is -2.52. The number of hydrogen-bond acceptors (Lipinski definition) is 9. The first-order chi connectivity index (χ1) is 21.7. The second-order valence-corrected chi connectivity index (χ2v) is 13.9. The van der Waals surface area contributed by atoms with Gasteiger partial charge in [-0.3, -0.25) is 14.4 Å². The Balaban J connectivity index is 1.27. The number of aliphatic hydroxyl groups excluding tert-OH is 1. The van der Waals surface area contributed by atoms with Gasteiger partial charge >= 0.3 is 5.97 Å². The maximum Gasteiger partial charge on any atom is 0.303 e. The number of rotatable bonds is 11. The van der Waals surface area contributed by atoms with Crippen LogP contribution in [-0.2, 0) is 33.3 Å². The molecule has 0 aromatic carbocycles. The monoisotopic (exact) mass is 645 g/mol. The highest BCUT2D eigenvalue weighted by atomic mass is 16.6. The highest BCUT2D eigenvalue weighted by molar-refractivity contribution is 5.87. The van der Waals surface area contributed by atoms with Gasteiger partial charge in [0.1, 0.15) is 23.9 Å². The molecule has 10 atom stereocenters. The zero-order valence-electron chi connectivity index (χ0n) is 28.3. The van der Waals surface area contributed by atoms with Gasteiger partial charge in [0.2, 0.25) is 11.8 Å². The molecule has 11 nitrogen and oxygen atoms in total. The summed E-state index contributed by atoms with van der Waals surface area (Å²) < 4.78 is 23.5. The number of amides is 2. The van der Waals surface area contributed by atoms with Gasteiger partial charge in [-0.05, 0) is 78.2 Å². The summed E-state index contributed by atoms with van der Waals surface area (Å²) in [6.07, 6.45) is 12.2. The Bertz CT molecular complexity index is 1160. The van der Waals surface area contributed by atoms with Crippen LogP contribution in [0.15, 0.2) is 36.0 Å². The average molecular weight is 646 g/mol. The van der Waals surface area contributed by atoms with E-state index in [-0.39, 0.29) is 66.7 Å². The van der Waals surface area contributed by atoms with E-state index in [0.29, 0.717) is 12.8 Å². The summed E-state index contributed by atoms with van der Waals surface area (Å²) in [5, 5.41) is 17.3. The van der Waals surface area contributed by atoms with Crippen molar-refractivity contribution in [3.8, 4) is 0 Å². The Morgan fingerprint density at radius 2 is 1.76 bits per heavy atom. The number of hydrogen-bond donors (Lipinski definition) is 4.